The van der Waals surface area contributed by atoms with E-state index in [1.165, 1.54) is 16.9 Å². The molecule has 3 rings (SSSR count). The Hall–Kier alpha value is -2.45. The van der Waals surface area contributed by atoms with Crippen molar-refractivity contribution in [2.24, 2.45) is 0 Å². The average Bonchev–Trinajstić information content (AvgIpc) is 3.03. The second-order valence-corrected chi connectivity index (χ2v) is 8.42. The number of nitrogens with zero attached hydrogens (tertiary/aromatic N) is 3. The molecule has 1 aromatic heterocycles. The molecule has 1 aromatic carbocycles. The summed E-state index contributed by atoms with van der Waals surface area (Å²) in [5.41, 5.74) is 1.98. The van der Waals surface area contributed by atoms with Crippen molar-refractivity contribution in [3.05, 3.63) is 45.9 Å². The Morgan fingerprint density at radius 3 is 2.73 bits per heavy atom. The van der Waals surface area contributed by atoms with Gasteiger partial charge in [-0.25, -0.2) is 4.98 Å². The lowest BCUT2D eigenvalue weighted by atomic mass is 10.2. The molecule has 0 atom stereocenters. The summed E-state index contributed by atoms with van der Waals surface area (Å²) in [5.74, 6) is 0.946. The number of likely N-dealkylation sites (N-methyl/N-ethyl adjacent to an activating group) is 1. The van der Waals surface area contributed by atoms with Crippen LogP contribution < -0.4 is 10.1 Å². The number of carbonyl (C=O) groups is 2. The van der Waals surface area contributed by atoms with Crippen LogP contribution in [0.4, 0.5) is 0 Å². The van der Waals surface area contributed by atoms with Gasteiger partial charge in [-0.05, 0) is 32.4 Å². The minimum atomic E-state index is 0.0418. The summed E-state index contributed by atoms with van der Waals surface area (Å²) in [5, 5.41) is 5.63. The molecule has 2 aromatic rings. The maximum atomic E-state index is 12.7. The molecule has 0 saturated carbocycles. The van der Waals surface area contributed by atoms with Gasteiger partial charge in [0.05, 0.1) is 18.7 Å². The van der Waals surface area contributed by atoms with E-state index in [0.717, 1.165) is 42.5 Å². The van der Waals surface area contributed by atoms with Gasteiger partial charge < -0.3 is 15.0 Å². The van der Waals surface area contributed by atoms with Crippen LogP contribution >= 0.6 is 11.3 Å². The first kappa shape index (κ1) is 22.2. The number of ether oxygens (including phenoxy) is 1. The highest BCUT2D eigenvalue weighted by Crippen LogP contribution is 2.17. The molecule has 0 aliphatic carbocycles. The van der Waals surface area contributed by atoms with Crippen molar-refractivity contribution in [3.63, 3.8) is 0 Å². The SMILES string of the molecule is CCNC(=O)CN1CCCN(C(=O)Cc2csc(COc3ccc(C)cc3)n2)CC1. The Labute approximate surface area is 182 Å². The standard InChI is InChI=1S/C22H30N4O3S/c1-3-23-20(27)14-25-9-4-10-26(12-11-25)22(28)13-18-16-30-21(24-18)15-29-19-7-5-17(2)6-8-19/h5-8,16H,3-4,9-15H2,1-2H3,(H,23,27). The minimum Gasteiger partial charge on any atom is -0.486 e. The van der Waals surface area contributed by atoms with Crippen LogP contribution in [0.1, 0.15) is 29.6 Å². The molecule has 162 valence electrons. The van der Waals surface area contributed by atoms with Crippen LogP contribution in [-0.2, 0) is 22.6 Å². The van der Waals surface area contributed by atoms with Gasteiger partial charge in [-0.15, -0.1) is 11.3 Å². The highest BCUT2D eigenvalue weighted by Gasteiger charge is 2.21. The molecule has 30 heavy (non-hydrogen) atoms. The van der Waals surface area contributed by atoms with Crippen molar-refractivity contribution in [1.29, 1.82) is 0 Å². The lowest BCUT2D eigenvalue weighted by Crippen LogP contribution is -2.40. The van der Waals surface area contributed by atoms with Crippen LogP contribution in [0.3, 0.4) is 0 Å². The quantitative estimate of drug-likeness (QED) is 0.695. The minimum absolute atomic E-state index is 0.0418. The van der Waals surface area contributed by atoms with Gasteiger partial charge in [0.1, 0.15) is 17.4 Å². The number of thiazole rings is 1. The predicted octanol–water partition coefficient (Wildman–Crippen LogP) is 2.24. The molecule has 0 bridgehead atoms. The number of carbonyl (C=O) groups excluding carboxylic acids is 2. The molecule has 2 heterocycles. The summed E-state index contributed by atoms with van der Waals surface area (Å²) < 4.78 is 5.77. The normalized spacial score (nSPS) is 14.9. The zero-order valence-corrected chi connectivity index (χ0v) is 18.5. The van der Waals surface area contributed by atoms with Crippen LogP contribution in [0.25, 0.3) is 0 Å². The van der Waals surface area contributed by atoms with Crippen molar-refractivity contribution in [2.45, 2.75) is 33.3 Å². The Morgan fingerprint density at radius 1 is 1.17 bits per heavy atom. The van der Waals surface area contributed by atoms with E-state index in [0.29, 0.717) is 32.7 Å². The summed E-state index contributed by atoms with van der Waals surface area (Å²) in [6.45, 7) is 8.31. The van der Waals surface area contributed by atoms with Crippen LogP contribution in [-0.4, -0.2) is 65.9 Å². The molecule has 1 saturated heterocycles. The molecule has 8 heteroatoms. The summed E-state index contributed by atoms with van der Waals surface area (Å²) >= 11 is 1.52. The first-order valence-corrected chi connectivity index (χ1v) is 11.3. The Kier molecular flexibility index (Phi) is 8.21. The smallest absolute Gasteiger partial charge is 0.234 e. The number of nitrogens with one attached hydrogen (secondary N) is 1. The first-order chi connectivity index (χ1) is 14.5. The monoisotopic (exact) mass is 430 g/mol. The van der Waals surface area contributed by atoms with E-state index < -0.39 is 0 Å². The number of benzene rings is 1. The fraction of sp³-hybridized carbons (Fsp3) is 0.500. The maximum Gasteiger partial charge on any atom is 0.234 e. The molecule has 1 N–H and O–H groups in total. The summed E-state index contributed by atoms with van der Waals surface area (Å²) in [4.78, 5) is 33.1. The van der Waals surface area contributed by atoms with Crippen LogP contribution in [0.5, 0.6) is 5.75 Å². The molecular weight excluding hydrogens is 400 g/mol. The molecule has 1 aliphatic heterocycles. The van der Waals surface area contributed by atoms with Crippen molar-refractivity contribution in [2.75, 3.05) is 39.3 Å². The van der Waals surface area contributed by atoms with E-state index in [2.05, 4.69) is 15.2 Å². The molecule has 7 nitrogen and oxygen atoms in total. The van der Waals surface area contributed by atoms with Gasteiger partial charge in [-0.2, -0.15) is 0 Å². The van der Waals surface area contributed by atoms with Crippen molar-refractivity contribution < 1.29 is 14.3 Å². The van der Waals surface area contributed by atoms with Gasteiger partial charge in [0, 0.05) is 38.1 Å². The lowest BCUT2D eigenvalue weighted by Gasteiger charge is -2.21. The highest BCUT2D eigenvalue weighted by molar-refractivity contribution is 7.09. The third-order valence-electron chi connectivity index (χ3n) is 5.00. The van der Waals surface area contributed by atoms with Gasteiger partial charge in [0.2, 0.25) is 11.8 Å². The maximum absolute atomic E-state index is 12.7. The third-order valence-corrected chi connectivity index (χ3v) is 5.87. The fourth-order valence-electron chi connectivity index (χ4n) is 3.38. The highest BCUT2D eigenvalue weighted by atomic mass is 32.1. The van der Waals surface area contributed by atoms with Gasteiger partial charge in [0.15, 0.2) is 0 Å². The van der Waals surface area contributed by atoms with Crippen LogP contribution in [0.15, 0.2) is 29.6 Å². The van der Waals surface area contributed by atoms with Crippen molar-refractivity contribution in [1.82, 2.24) is 20.1 Å². The van der Waals surface area contributed by atoms with E-state index in [1.54, 1.807) is 0 Å². The summed E-state index contributed by atoms with van der Waals surface area (Å²) in [6.07, 6.45) is 1.18. The second kappa shape index (κ2) is 11.1. The summed E-state index contributed by atoms with van der Waals surface area (Å²) in [6, 6.07) is 7.92. The van der Waals surface area contributed by atoms with Gasteiger partial charge in [-0.1, -0.05) is 17.7 Å². The second-order valence-electron chi connectivity index (χ2n) is 7.48. The fourth-order valence-corrected chi connectivity index (χ4v) is 4.08. The molecule has 1 aliphatic rings. The van der Waals surface area contributed by atoms with E-state index in [4.69, 9.17) is 4.74 Å². The van der Waals surface area contributed by atoms with E-state index in [1.807, 2.05) is 48.4 Å². The molecule has 0 unspecified atom stereocenters. The number of amides is 2. The Bertz CT molecular complexity index is 837. The van der Waals surface area contributed by atoms with E-state index >= 15 is 0 Å². The van der Waals surface area contributed by atoms with Gasteiger partial charge in [0.25, 0.3) is 0 Å². The number of aryl methyl sites for hydroxylation is 1. The number of hydrogen-bond acceptors (Lipinski definition) is 6. The number of aromatic nitrogens is 1. The molecule has 2 amide bonds. The summed E-state index contributed by atoms with van der Waals surface area (Å²) in [7, 11) is 0. The largest absolute Gasteiger partial charge is 0.486 e. The zero-order valence-electron chi connectivity index (χ0n) is 17.7. The van der Waals surface area contributed by atoms with Crippen LogP contribution in [0.2, 0.25) is 0 Å². The number of hydrogen-bond donors (Lipinski definition) is 1. The Morgan fingerprint density at radius 2 is 1.97 bits per heavy atom. The topological polar surface area (TPSA) is 74.8 Å². The van der Waals surface area contributed by atoms with Crippen molar-refractivity contribution >= 4 is 23.2 Å². The predicted molar refractivity (Wildman–Crippen MR) is 118 cm³/mol. The zero-order chi connectivity index (χ0) is 21.3. The van der Waals surface area contributed by atoms with Gasteiger partial charge in [-0.3, -0.25) is 14.5 Å². The molecule has 0 radical (unpaired) electrons. The first-order valence-electron chi connectivity index (χ1n) is 10.4. The van der Waals surface area contributed by atoms with E-state index in [-0.39, 0.29) is 11.8 Å². The van der Waals surface area contributed by atoms with Crippen LogP contribution in [0, 0.1) is 6.92 Å². The molecule has 0 spiro atoms. The van der Waals surface area contributed by atoms with Crippen molar-refractivity contribution in [3.8, 4) is 5.75 Å². The molecule has 1 fully saturated rings. The Balaban J connectivity index is 1.45. The van der Waals surface area contributed by atoms with E-state index in [9.17, 15) is 9.59 Å². The van der Waals surface area contributed by atoms with Gasteiger partial charge >= 0.3 is 0 Å². The lowest BCUT2D eigenvalue weighted by molar-refractivity contribution is -0.130. The molecular formula is C22H30N4O3S. The number of rotatable bonds is 8. The average molecular weight is 431 g/mol. The third kappa shape index (κ3) is 6.81.